The lowest BCUT2D eigenvalue weighted by molar-refractivity contribution is 0.0901. The van der Waals surface area contributed by atoms with Gasteiger partial charge in [0.25, 0.3) is 0 Å². The molecule has 0 aliphatic carbocycles. The molecule has 0 radical (unpaired) electrons. The number of carbonyl (C=O) groups is 1. The zero-order chi connectivity index (χ0) is 15.6. The van der Waals surface area contributed by atoms with Crippen LogP contribution in [0, 0.1) is 13.8 Å². The van der Waals surface area contributed by atoms with Gasteiger partial charge in [-0.2, -0.15) is 0 Å². The van der Waals surface area contributed by atoms with E-state index in [0.29, 0.717) is 13.1 Å². The standard InChI is InChI=1S/C17H26N2O2/c1-12-5-6-16(13(2)7-12)17(21)11-19-10-15(20)8-14(19)9-18(3)4/h5-7,14-15,20H,8-11H2,1-4H3. The monoisotopic (exact) mass is 290 g/mol. The van der Waals surface area contributed by atoms with Crippen molar-refractivity contribution in [3.05, 3.63) is 34.9 Å². The van der Waals surface area contributed by atoms with Crippen LogP contribution < -0.4 is 0 Å². The first-order valence-corrected chi connectivity index (χ1v) is 7.54. The molecule has 21 heavy (non-hydrogen) atoms. The number of likely N-dealkylation sites (N-methyl/N-ethyl adjacent to an activating group) is 1. The number of hydrogen-bond acceptors (Lipinski definition) is 4. The van der Waals surface area contributed by atoms with Crippen LogP contribution in [0.2, 0.25) is 0 Å². The number of aryl methyl sites for hydroxylation is 2. The molecule has 2 atom stereocenters. The minimum absolute atomic E-state index is 0.144. The molecular weight excluding hydrogens is 264 g/mol. The molecule has 1 fully saturated rings. The number of Topliss-reactive ketones (excluding diaryl/α,β-unsaturated/α-hetero) is 1. The Morgan fingerprint density at radius 2 is 2.10 bits per heavy atom. The van der Waals surface area contributed by atoms with Crippen LogP contribution in [0.3, 0.4) is 0 Å². The van der Waals surface area contributed by atoms with Gasteiger partial charge in [0.2, 0.25) is 0 Å². The quantitative estimate of drug-likeness (QED) is 0.834. The highest BCUT2D eigenvalue weighted by molar-refractivity contribution is 5.99. The predicted molar refractivity (Wildman–Crippen MR) is 84.8 cm³/mol. The molecule has 116 valence electrons. The fourth-order valence-corrected chi connectivity index (χ4v) is 3.16. The second kappa shape index (κ2) is 6.69. The number of nitrogens with zero attached hydrogens (tertiary/aromatic N) is 2. The maximum Gasteiger partial charge on any atom is 0.177 e. The summed E-state index contributed by atoms with van der Waals surface area (Å²) in [5.74, 6) is 0.144. The minimum Gasteiger partial charge on any atom is -0.392 e. The number of β-amino-alcohol motifs (C(OH)–C–C–N with tert-alkyl or cyclic N) is 1. The van der Waals surface area contributed by atoms with Crippen molar-refractivity contribution in [3.63, 3.8) is 0 Å². The third-order valence-corrected chi connectivity index (χ3v) is 4.11. The maximum atomic E-state index is 12.5. The van der Waals surface area contributed by atoms with Gasteiger partial charge in [-0.25, -0.2) is 0 Å². The topological polar surface area (TPSA) is 43.8 Å². The number of benzene rings is 1. The Bertz CT molecular complexity index is 514. The summed E-state index contributed by atoms with van der Waals surface area (Å²) in [6, 6.07) is 6.20. The van der Waals surface area contributed by atoms with E-state index in [4.69, 9.17) is 0 Å². The lowest BCUT2D eigenvalue weighted by Gasteiger charge is -2.26. The summed E-state index contributed by atoms with van der Waals surface area (Å²) < 4.78 is 0. The van der Waals surface area contributed by atoms with Gasteiger partial charge in [0, 0.05) is 24.7 Å². The number of likely N-dealkylation sites (tertiary alicyclic amines) is 1. The Hall–Kier alpha value is -1.23. The third-order valence-electron chi connectivity index (χ3n) is 4.11. The Morgan fingerprint density at radius 1 is 1.38 bits per heavy atom. The van der Waals surface area contributed by atoms with Crippen molar-refractivity contribution >= 4 is 5.78 Å². The molecule has 1 heterocycles. The highest BCUT2D eigenvalue weighted by atomic mass is 16.3. The molecule has 4 heteroatoms. The van der Waals surface area contributed by atoms with Crippen molar-refractivity contribution in [2.45, 2.75) is 32.4 Å². The fraction of sp³-hybridized carbons (Fsp3) is 0.588. The van der Waals surface area contributed by atoms with E-state index in [1.165, 1.54) is 5.56 Å². The van der Waals surface area contributed by atoms with Crippen LogP contribution in [-0.4, -0.2) is 66.6 Å². The van der Waals surface area contributed by atoms with E-state index >= 15 is 0 Å². The van der Waals surface area contributed by atoms with Gasteiger partial charge in [0.1, 0.15) is 0 Å². The van der Waals surface area contributed by atoms with Gasteiger partial charge in [-0.3, -0.25) is 9.69 Å². The summed E-state index contributed by atoms with van der Waals surface area (Å²) in [7, 11) is 4.05. The molecule has 4 nitrogen and oxygen atoms in total. The molecule has 0 saturated carbocycles. The molecule has 2 rings (SSSR count). The first kappa shape index (κ1) is 16.1. The van der Waals surface area contributed by atoms with E-state index in [1.54, 1.807) is 0 Å². The van der Waals surface area contributed by atoms with Crippen molar-refractivity contribution in [1.29, 1.82) is 0 Å². The number of carbonyl (C=O) groups excluding carboxylic acids is 1. The summed E-state index contributed by atoms with van der Waals surface area (Å²) in [6.07, 6.45) is 0.431. The van der Waals surface area contributed by atoms with Crippen molar-refractivity contribution < 1.29 is 9.90 Å². The van der Waals surface area contributed by atoms with Crippen LogP contribution in [0.25, 0.3) is 0 Å². The van der Waals surface area contributed by atoms with E-state index in [0.717, 1.165) is 24.1 Å². The Kier molecular flexibility index (Phi) is 5.14. The molecule has 0 amide bonds. The van der Waals surface area contributed by atoms with Crippen LogP contribution in [0.1, 0.15) is 27.9 Å². The average Bonchev–Trinajstić information content (AvgIpc) is 2.68. The lowest BCUT2D eigenvalue weighted by Crippen LogP contribution is -2.40. The number of aliphatic hydroxyl groups excluding tert-OH is 1. The number of hydrogen-bond donors (Lipinski definition) is 1. The van der Waals surface area contributed by atoms with Gasteiger partial charge in [-0.15, -0.1) is 0 Å². The average molecular weight is 290 g/mol. The molecule has 1 N–H and O–H groups in total. The lowest BCUT2D eigenvalue weighted by atomic mass is 10.0. The summed E-state index contributed by atoms with van der Waals surface area (Å²) in [4.78, 5) is 16.8. The molecule has 2 unspecified atom stereocenters. The van der Waals surface area contributed by atoms with Gasteiger partial charge in [-0.05, 0) is 39.9 Å². The van der Waals surface area contributed by atoms with Crippen LogP contribution in [0.15, 0.2) is 18.2 Å². The number of ketones is 1. The first-order chi connectivity index (χ1) is 9.86. The van der Waals surface area contributed by atoms with Gasteiger partial charge in [0.15, 0.2) is 5.78 Å². The summed E-state index contributed by atoms with van der Waals surface area (Å²) >= 11 is 0. The summed E-state index contributed by atoms with van der Waals surface area (Å²) in [5, 5.41) is 9.89. The molecule has 1 aromatic rings. The van der Waals surface area contributed by atoms with Crippen LogP contribution >= 0.6 is 0 Å². The van der Waals surface area contributed by atoms with Crippen LogP contribution in [-0.2, 0) is 0 Å². The fourth-order valence-electron chi connectivity index (χ4n) is 3.16. The molecule has 1 aromatic carbocycles. The van der Waals surface area contributed by atoms with Gasteiger partial charge >= 0.3 is 0 Å². The Balaban J connectivity index is 2.07. The summed E-state index contributed by atoms with van der Waals surface area (Å²) in [6.45, 7) is 5.87. The second-order valence-electron chi connectivity index (χ2n) is 6.48. The normalized spacial score (nSPS) is 23.0. The van der Waals surface area contributed by atoms with Crippen LogP contribution in [0.5, 0.6) is 0 Å². The van der Waals surface area contributed by atoms with Crippen molar-refractivity contribution in [3.8, 4) is 0 Å². The van der Waals surface area contributed by atoms with Gasteiger partial charge in [-0.1, -0.05) is 23.8 Å². The van der Waals surface area contributed by atoms with E-state index in [-0.39, 0.29) is 17.9 Å². The molecule has 1 aliphatic heterocycles. The van der Waals surface area contributed by atoms with Gasteiger partial charge in [0.05, 0.1) is 12.6 Å². The molecule has 1 saturated heterocycles. The number of aliphatic hydroxyl groups is 1. The highest BCUT2D eigenvalue weighted by Gasteiger charge is 2.32. The van der Waals surface area contributed by atoms with E-state index in [9.17, 15) is 9.90 Å². The number of rotatable bonds is 5. The first-order valence-electron chi connectivity index (χ1n) is 7.54. The largest absolute Gasteiger partial charge is 0.392 e. The van der Waals surface area contributed by atoms with Crippen molar-refractivity contribution in [2.24, 2.45) is 0 Å². The van der Waals surface area contributed by atoms with E-state index < -0.39 is 0 Å². The van der Waals surface area contributed by atoms with Crippen molar-refractivity contribution in [1.82, 2.24) is 9.80 Å². The third kappa shape index (κ3) is 4.13. The van der Waals surface area contributed by atoms with Crippen molar-refractivity contribution in [2.75, 3.05) is 33.7 Å². The Labute approximate surface area is 127 Å². The zero-order valence-corrected chi connectivity index (χ0v) is 13.5. The molecular formula is C17H26N2O2. The van der Waals surface area contributed by atoms with E-state index in [2.05, 4.69) is 9.80 Å². The Morgan fingerprint density at radius 3 is 2.71 bits per heavy atom. The predicted octanol–water partition coefficient (Wildman–Crippen LogP) is 1.48. The van der Waals surface area contributed by atoms with Gasteiger partial charge < -0.3 is 10.0 Å². The maximum absolute atomic E-state index is 12.5. The minimum atomic E-state index is -0.318. The van der Waals surface area contributed by atoms with E-state index in [1.807, 2.05) is 46.1 Å². The SMILES string of the molecule is Cc1ccc(C(=O)CN2CC(O)CC2CN(C)C)c(C)c1. The smallest absolute Gasteiger partial charge is 0.177 e. The zero-order valence-electron chi connectivity index (χ0n) is 13.5. The molecule has 1 aliphatic rings. The molecule has 0 spiro atoms. The van der Waals surface area contributed by atoms with Crippen LogP contribution in [0.4, 0.5) is 0 Å². The second-order valence-corrected chi connectivity index (χ2v) is 6.48. The molecule has 0 aromatic heterocycles. The summed E-state index contributed by atoms with van der Waals surface area (Å²) in [5.41, 5.74) is 3.00. The molecule has 0 bridgehead atoms. The highest BCUT2D eigenvalue weighted by Crippen LogP contribution is 2.20.